The predicted molar refractivity (Wildman–Crippen MR) is 58.3 cm³/mol. The van der Waals surface area contributed by atoms with Crippen LogP contribution in [0.5, 0.6) is 0 Å². The highest BCUT2D eigenvalue weighted by Crippen LogP contribution is 2.09. The van der Waals surface area contributed by atoms with Crippen molar-refractivity contribution in [2.75, 3.05) is 0 Å². The molecule has 3 heteroatoms. The molecule has 0 unspecified atom stereocenters. The van der Waals surface area contributed by atoms with Crippen molar-refractivity contribution in [3.8, 4) is 0 Å². The summed E-state index contributed by atoms with van der Waals surface area (Å²) in [5.74, 6) is 0. The highest BCUT2D eigenvalue weighted by Gasteiger charge is 2.06. The first-order valence-corrected chi connectivity index (χ1v) is 4.62. The zero-order valence-corrected chi connectivity index (χ0v) is 8.71. The fraction of sp³-hybridized carbons (Fsp3) is 0.364. The van der Waals surface area contributed by atoms with Gasteiger partial charge in [-0.15, -0.1) is 6.58 Å². The van der Waals surface area contributed by atoms with Crippen molar-refractivity contribution in [2.24, 2.45) is 5.73 Å². The Kier molecular flexibility index (Phi) is 3.25. The van der Waals surface area contributed by atoms with E-state index in [0.717, 1.165) is 16.8 Å². The predicted octanol–water partition coefficient (Wildman–Crippen LogP) is 1.11. The summed E-state index contributed by atoms with van der Waals surface area (Å²) in [4.78, 5) is 11.6. The van der Waals surface area contributed by atoms with Crippen LogP contribution in [-0.4, -0.2) is 4.57 Å². The van der Waals surface area contributed by atoms with Gasteiger partial charge in [0, 0.05) is 24.8 Å². The van der Waals surface area contributed by atoms with Crippen molar-refractivity contribution in [1.82, 2.24) is 4.57 Å². The monoisotopic (exact) mass is 192 g/mol. The van der Waals surface area contributed by atoms with Crippen molar-refractivity contribution in [3.05, 3.63) is 45.9 Å². The molecule has 1 heterocycles. The largest absolute Gasteiger partial charge is 0.326 e. The third-order valence-electron chi connectivity index (χ3n) is 2.44. The molecule has 1 aromatic rings. The molecule has 0 bridgehead atoms. The Morgan fingerprint density at radius 2 is 2.21 bits per heavy atom. The van der Waals surface area contributed by atoms with Crippen LogP contribution in [0.15, 0.2) is 23.5 Å². The molecule has 1 aromatic heterocycles. The number of nitrogens with two attached hydrogens (primary N) is 1. The van der Waals surface area contributed by atoms with Crippen LogP contribution in [0.2, 0.25) is 0 Å². The number of nitrogens with zero attached hydrogens (tertiary/aromatic N) is 1. The summed E-state index contributed by atoms with van der Waals surface area (Å²) in [5, 5.41) is 0. The zero-order chi connectivity index (χ0) is 10.7. The standard InChI is InChI=1S/C11H16N2O/c1-4-5-13-9(3)10(7-12)8(2)6-11(13)14/h4,6H,1,5,7,12H2,2-3H3. The molecule has 0 aliphatic heterocycles. The van der Waals surface area contributed by atoms with Crippen molar-refractivity contribution < 1.29 is 0 Å². The molecule has 0 atom stereocenters. The lowest BCUT2D eigenvalue weighted by Gasteiger charge is -2.13. The van der Waals surface area contributed by atoms with E-state index in [-0.39, 0.29) is 5.56 Å². The maximum atomic E-state index is 11.6. The third-order valence-corrected chi connectivity index (χ3v) is 2.44. The van der Waals surface area contributed by atoms with Crippen LogP contribution in [0.3, 0.4) is 0 Å². The Balaban J connectivity index is 3.43. The van der Waals surface area contributed by atoms with E-state index >= 15 is 0 Å². The molecule has 0 radical (unpaired) electrons. The minimum atomic E-state index is 0.0112. The Hall–Kier alpha value is -1.35. The normalized spacial score (nSPS) is 10.2. The summed E-state index contributed by atoms with van der Waals surface area (Å²) in [6.07, 6.45) is 1.71. The first-order chi connectivity index (χ1) is 6.61. The lowest BCUT2D eigenvalue weighted by atomic mass is 10.1. The van der Waals surface area contributed by atoms with Gasteiger partial charge in [0.1, 0.15) is 0 Å². The Morgan fingerprint density at radius 3 is 2.71 bits per heavy atom. The molecule has 0 aliphatic rings. The van der Waals surface area contributed by atoms with E-state index in [1.54, 1.807) is 16.7 Å². The number of aryl methyl sites for hydroxylation is 1. The molecular formula is C11H16N2O. The number of allylic oxidation sites excluding steroid dienone is 1. The summed E-state index contributed by atoms with van der Waals surface area (Å²) in [6.45, 7) is 8.46. The van der Waals surface area contributed by atoms with Gasteiger partial charge in [0.2, 0.25) is 0 Å². The molecule has 0 spiro atoms. The van der Waals surface area contributed by atoms with Crippen LogP contribution in [0.1, 0.15) is 16.8 Å². The lowest BCUT2D eigenvalue weighted by molar-refractivity contribution is 0.728. The van der Waals surface area contributed by atoms with E-state index in [4.69, 9.17) is 5.73 Å². The highest BCUT2D eigenvalue weighted by atomic mass is 16.1. The molecule has 0 aromatic carbocycles. The van der Waals surface area contributed by atoms with Gasteiger partial charge in [0.25, 0.3) is 5.56 Å². The fourth-order valence-corrected chi connectivity index (χ4v) is 1.63. The van der Waals surface area contributed by atoms with E-state index in [1.165, 1.54) is 0 Å². The maximum absolute atomic E-state index is 11.6. The van der Waals surface area contributed by atoms with Crippen LogP contribution in [0, 0.1) is 13.8 Å². The molecular weight excluding hydrogens is 176 g/mol. The van der Waals surface area contributed by atoms with E-state index in [2.05, 4.69) is 6.58 Å². The summed E-state index contributed by atoms with van der Waals surface area (Å²) in [6, 6.07) is 1.62. The van der Waals surface area contributed by atoms with Crippen molar-refractivity contribution in [2.45, 2.75) is 26.9 Å². The summed E-state index contributed by atoms with van der Waals surface area (Å²) < 4.78 is 1.68. The number of rotatable bonds is 3. The van der Waals surface area contributed by atoms with Gasteiger partial charge < -0.3 is 10.3 Å². The summed E-state index contributed by atoms with van der Waals surface area (Å²) in [7, 11) is 0. The van der Waals surface area contributed by atoms with Gasteiger partial charge in [-0.2, -0.15) is 0 Å². The number of hydrogen-bond donors (Lipinski definition) is 1. The molecule has 0 amide bonds. The molecule has 0 saturated heterocycles. The average molecular weight is 192 g/mol. The van der Waals surface area contributed by atoms with E-state index in [9.17, 15) is 4.79 Å². The molecule has 0 aliphatic carbocycles. The second-order valence-electron chi connectivity index (χ2n) is 3.33. The second-order valence-corrected chi connectivity index (χ2v) is 3.33. The SMILES string of the molecule is C=CCn1c(C)c(CN)c(C)cc1=O. The van der Waals surface area contributed by atoms with Crippen molar-refractivity contribution >= 4 is 0 Å². The Labute approximate surface area is 83.9 Å². The fourth-order valence-electron chi connectivity index (χ4n) is 1.63. The molecule has 76 valence electrons. The first-order valence-electron chi connectivity index (χ1n) is 4.62. The topological polar surface area (TPSA) is 48.0 Å². The van der Waals surface area contributed by atoms with Crippen molar-refractivity contribution in [1.29, 1.82) is 0 Å². The zero-order valence-electron chi connectivity index (χ0n) is 8.71. The first kappa shape index (κ1) is 10.7. The van der Waals surface area contributed by atoms with Gasteiger partial charge in [0.05, 0.1) is 0 Å². The van der Waals surface area contributed by atoms with Crippen LogP contribution in [-0.2, 0) is 13.1 Å². The average Bonchev–Trinajstić information content (AvgIpc) is 2.12. The van der Waals surface area contributed by atoms with Crippen LogP contribution in [0.25, 0.3) is 0 Å². The molecule has 14 heavy (non-hydrogen) atoms. The van der Waals surface area contributed by atoms with Crippen LogP contribution >= 0.6 is 0 Å². The maximum Gasteiger partial charge on any atom is 0.251 e. The van der Waals surface area contributed by atoms with Crippen molar-refractivity contribution in [3.63, 3.8) is 0 Å². The number of pyridine rings is 1. The Morgan fingerprint density at radius 1 is 1.57 bits per heavy atom. The van der Waals surface area contributed by atoms with Gasteiger partial charge in [-0.1, -0.05) is 6.08 Å². The molecule has 0 fully saturated rings. The van der Waals surface area contributed by atoms with Gasteiger partial charge in [-0.05, 0) is 25.0 Å². The van der Waals surface area contributed by atoms with Gasteiger partial charge >= 0.3 is 0 Å². The molecule has 3 nitrogen and oxygen atoms in total. The number of hydrogen-bond acceptors (Lipinski definition) is 2. The summed E-state index contributed by atoms with van der Waals surface area (Å²) in [5.41, 5.74) is 8.59. The minimum Gasteiger partial charge on any atom is -0.326 e. The quantitative estimate of drug-likeness (QED) is 0.729. The minimum absolute atomic E-state index is 0.0112. The van der Waals surface area contributed by atoms with Crippen LogP contribution < -0.4 is 11.3 Å². The van der Waals surface area contributed by atoms with E-state index in [1.807, 2.05) is 13.8 Å². The van der Waals surface area contributed by atoms with Gasteiger partial charge in [-0.25, -0.2) is 0 Å². The smallest absolute Gasteiger partial charge is 0.251 e. The van der Waals surface area contributed by atoms with E-state index in [0.29, 0.717) is 13.1 Å². The molecule has 2 N–H and O–H groups in total. The van der Waals surface area contributed by atoms with Gasteiger partial charge in [-0.3, -0.25) is 4.79 Å². The van der Waals surface area contributed by atoms with E-state index < -0.39 is 0 Å². The van der Waals surface area contributed by atoms with Gasteiger partial charge in [0.15, 0.2) is 0 Å². The van der Waals surface area contributed by atoms with Crippen LogP contribution in [0.4, 0.5) is 0 Å². The summed E-state index contributed by atoms with van der Waals surface area (Å²) >= 11 is 0. The lowest BCUT2D eigenvalue weighted by Crippen LogP contribution is -2.24. The number of aromatic nitrogens is 1. The highest BCUT2D eigenvalue weighted by molar-refractivity contribution is 5.29. The second kappa shape index (κ2) is 4.24. The third kappa shape index (κ3) is 1.77. The molecule has 0 saturated carbocycles. The molecule has 1 rings (SSSR count). The Bertz CT molecular complexity index is 404.